The third-order valence-corrected chi connectivity index (χ3v) is 4.10. The Morgan fingerprint density at radius 1 is 1.19 bits per heavy atom. The first-order chi connectivity index (χ1) is 13.0. The van der Waals surface area contributed by atoms with E-state index in [2.05, 4.69) is 20.6 Å². The summed E-state index contributed by atoms with van der Waals surface area (Å²) in [6, 6.07) is 14.0. The summed E-state index contributed by atoms with van der Waals surface area (Å²) in [5, 5.41) is 15.3. The van der Waals surface area contributed by atoms with Crippen LogP contribution in [0.2, 0.25) is 5.02 Å². The standard InChI is InChI=1S/C20H16ClN5O/c1-12-8-13(2)18(16(21)9-12)26-20-23-7-6-17(25-20)19(27)24-15-5-3-4-14(10-15)11-22/h3-10H,1-2H3,(H,24,27)(H,23,25,26). The van der Waals surface area contributed by atoms with E-state index in [0.29, 0.717) is 22.0 Å². The molecule has 1 heterocycles. The van der Waals surface area contributed by atoms with Gasteiger partial charge in [0.2, 0.25) is 5.95 Å². The predicted molar refractivity (Wildman–Crippen MR) is 105 cm³/mol. The van der Waals surface area contributed by atoms with Crippen LogP contribution in [0, 0.1) is 25.2 Å². The quantitative estimate of drug-likeness (QED) is 0.692. The third kappa shape index (κ3) is 4.40. The molecule has 0 saturated heterocycles. The fourth-order valence-corrected chi connectivity index (χ4v) is 2.96. The largest absolute Gasteiger partial charge is 0.323 e. The first-order valence-electron chi connectivity index (χ1n) is 8.14. The second-order valence-electron chi connectivity index (χ2n) is 5.98. The van der Waals surface area contributed by atoms with Gasteiger partial charge in [-0.25, -0.2) is 9.97 Å². The SMILES string of the molecule is Cc1cc(C)c(Nc2nccc(C(=O)Nc3cccc(C#N)c3)n2)c(Cl)c1. The summed E-state index contributed by atoms with van der Waals surface area (Å²) < 4.78 is 0. The van der Waals surface area contributed by atoms with Crippen molar-refractivity contribution in [2.24, 2.45) is 0 Å². The smallest absolute Gasteiger partial charge is 0.274 e. The molecule has 0 atom stereocenters. The zero-order chi connectivity index (χ0) is 19.4. The summed E-state index contributed by atoms with van der Waals surface area (Å²) in [5.74, 6) is -0.135. The number of carbonyl (C=O) groups is 1. The van der Waals surface area contributed by atoms with Crippen LogP contribution in [-0.2, 0) is 0 Å². The first kappa shape index (κ1) is 18.4. The topological polar surface area (TPSA) is 90.7 Å². The first-order valence-corrected chi connectivity index (χ1v) is 8.52. The number of benzene rings is 2. The average Bonchev–Trinajstić information content (AvgIpc) is 2.65. The maximum absolute atomic E-state index is 12.5. The number of carbonyl (C=O) groups excluding carboxylic acids is 1. The number of hydrogen-bond acceptors (Lipinski definition) is 5. The molecule has 7 heteroatoms. The summed E-state index contributed by atoms with van der Waals surface area (Å²) in [4.78, 5) is 20.9. The molecular formula is C20H16ClN5O. The number of hydrogen-bond donors (Lipinski definition) is 2. The van der Waals surface area contributed by atoms with Crippen molar-refractivity contribution in [3.63, 3.8) is 0 Å². The molecule has 3 aromatic rings. The molecule has 2 N–H and O–H groups in total. The van der Waals surface area contributed by atoms with Gasteiger partial charge in [0.05, 0.1) is 22.3 Å². The molecule has 0 saturated carbocycles. The molecule has 1 aromatic heterocycles. The zero-order valence-electron chi connectivity index (χ0n) is 14.7. The van der Waals surface area contributed by atoms with Crippen LogP contribution in [0.5, 0.6) is 0 Å². The lowest BCUT2D eigenvalue weighted by Crippen LogP contribution is -2.15. The Morgan fingerprint density at radius 2 is 2.00 bits per heavy atom. The van der Waals surface area contributed by atoms with E-state index < -0.39 is 5.91 Å². The van der Waals surface area contributed by atoms with Crippen molar-refractivity contribution in [1.29, 1.82) is 5.26 Å². The Morgan fingerprint density at radius 3 is 2.74 bits per heavy atom. The lowest BCUT2D eigenvalue weighted by Gasteiger charge is -2.12. The van der Waals surface area contributed by atoms with Gasteiger partial charge in [0.1, 0.15) is 5.69 Å². The second kappa shape index (κ2) is 7.85. The summed E-state index contributed by atoms with van der Waals surface area (Å²) in [6.07, 6.45) is 1.49. The molecule has 0 radical (unpaired) electrons. The van der Waals surface area contributed by atoms with Gasteiger partial charge in [0.25, 0.3) is 5.91 Å². The monoisotopic (exact) mass is 377 g/mol. The minimum Gasteiger partial charge on any atom is -0.323 e. The Bertz CT molecular complexity index is 1040. The van der Waals surface area contributed by atoms with Crippen molar-refractivity contribution in [1.82, 2.24) is 9.97 Å². The number of anilines is 3. The Hall–Kier alpha value is -3.43. The molecule has 0 spiro atoms. The van der Waals surface area contributed by atoms with Crippen LogP contribution >= 0.6 is 11.6 Å². The molecular weight excluding hydrogens is 362 g/mol. The average molecular weight is 378 g/mol. The lowest BCUT2D eigenvalue weighted by atomic mass is 10.1. The van der Waals surface area contributed by atoms with Gasteiger partial charge in [0, 0.05) is 11.9 Å². The Balaban J connectivity index is 1.81. The molecule has 3 rings (SSSR count). The maximum Gasteiger partial charge on any atom is 0.274 e. The second-order valence-corrected chi connectivity index (χ2v) is 6.38. The summed E-state index contributed by atoms with van der Waals surface area (Å²) in [7, 11) is 0. The van der Waals surface area contributed by atoms with Crippen LogP contribution in [0.15, 0.2) is 48.7 Å². The summed E-state index contributed by atoms with van der Waals surface area (Å²) in [6.45, 7) is 3.89. The van der Waals surface area contributed by atoms with Crippen molar-refractivity contribution >= 4 is 34.8 Å². The van der Waals surface area contributed by atoms with Gasteiger partial charge in [-0.1, -0.05) is 23.7 Å². The molecule has 0 aliphatic rings. The normalized spacial score (nSPS) is 10.1. The van der Waals surface area contributed by atoms with Crippen molar-refractivity contribution in [2.45, 2.75) is 13.8 Å². The number of amides is 1. The van der Waals surface area contributed by atoms with Crippen LogP contribution in [0.25, 0.3) is 0 Å². The Kier molecular flexibility index (Phi) is 5.34. The fourth-order valence-electron chi connectivity index (χ4n) is 2.59. The van der Waals surface area contributed by atoms with E-state index in [1.165, 1.54) is 12.3 Å². The van der Waals surface area contributed by atoms with Gasteiger partial charge in [-0.15, -0.1) is 0 Å². The molecule has 2 aromatic carbocycles. The van der Waals surface area contributed by atoms with Gasteiger partial charge >= 0.3 is 0 Å². The minimum atomic E-state index is -0.401. The van der Waals surface area contributed by atoms with E-state index in [9.17, 15) is 4.79 Å². The third-order valence-electron chi connectivity index (χ3n) is 3.81. The number of halogens is 1. The van der Waals surface area contributed by atoms with Gasteiger partial charge in [-0.2, -0.15) is 5.26 Å². The number of nitrogens with one attached hydrogen (secondary N) is 2. The van der Waals surface area contributed by atoms with Crippen molar-refractivity contribution in [3.05, 3.63) is 76.1 Å². The van der Waals surface area contributed by atoms with Crippen LogP contribution in [0.1, 0.15) is 27.2 Å². The van der Waals surface area contributed by atoms with Crippen LogP contribution < -0.4 is 10.6 Å². The molecule has 0 aliphatic carbocycles. The Labute approximate surface area is 161 Å². The van der Waals surface area contributed by atoms with Crippen LogP contribution in [-0.4, -0.2) is 15.9 Å². The van der Waals surface area contributed by atoms with E-state index >= 15 is 0 Å². The minimum absolute atomic E-state index is 0.191. The highest BCUT2D eigenvalue weighted by Crippen LogP contribution is 2.29. The molecule has 6 nitrogen and oxygen atoms in total. The highest BCUT2D eigenvalue weighted by Gasteiger charge is 2.12. The molecule has 1 amide bonds. The zero-order valence-corrected chi connectivity index (χ0v) is 15.5. The maximum atomic E-state index is 12.5. The predicted octanol–water partition coefficient (Wildman–Crippen LogP) is 4.61. The van der Waals surface area contributed by atoms with Gasteiger partial charge < -0.3 is 10.6 Å². The van der Waals surface area contributed by atoms with Crippen LogP contribution in [0.3, 0.4) is 0 Å². The lowest BCUT2D eigenvalue weighted by molar-refractivity contribution is 0.102. The molecule has 0 fully saturated rings. The van der Waals surface area contributed by atoms with E-state index in [1.54, 1.807) is 24.3 Å². The van der Waals surface area contributed by atoms with Gasteiger partial charge in [-0.05, 0) is 55.3 Å². The number of aromatic nitrogens is 2. The van der Waals surface area contributed by atoms with Crippen molar-refractivity contribution in [3.8, 4) is 6.07 Å². The summed E-state index contributed by atoms with van der Waals surface area (Å²) >= 11 is 6.30. The van der Waals surface area contributed by atoms with Gasteiger partial charge in [0.15, 0.2) is 0 Å². The van der Waals surface area contributed by atoms with E-state index in [0.717, 1.165) is 11.1 Å². The number of rotatable bonds is 4. The molecule has 134 valence electrons. The van der Waals surface area contributed by atoms with Crippen molar-refractivity contribution in [2.75, 3.05) is 10.6 Å². The number of nitriles is 1. The van der Waals surface area contributed by atoms with E-state index in [1.807, 2.05) is 32.0 Å². The molecule has 0 bridgehead atoms. The number of nitrogens with zero attached hydrogens (tertiary/aromatic N) is 3. The van der Waals surface area contributed by atoms with E-state index in [-0.39, 0.29) is 11.6 Å². The van der Waals surface area contributed by atoms with E-state index in [4.69, 9.17) is 16.9 Å². The highest BCUT2D eigenvalue weighted by molar-refractivity contribution is 6.33. The van der Waals surface area contributed by atoms with Crippen LogP contribution in [0.4, 0.5) is 17.3 Å². The number of aryl methyl sites for hydroxylation is 2. The molecule has 0 unspecified atom stereocenters. The fraction of sp³-hybridized carbons (Fsp3) is 0.100. The summed E-state index contributed by atoms with van der Waals surface area (Å²) in [5.41, 5.74) is 3.87. The highest BCUT2D eigenvalue weighted by atomic mass is 35.5. The van der Waals surface area contributed by atoms with Crippen molar-refractivity contribution < 1.29 is 4.79 Å². The van der Waals surface area contributed by atoms with Gasteiger partial charge in [-0.3, -0.25) is 4.79 Å². The molecule has 0 aliphatic heterocycles. The molecule has 27 heavy (non-hydrogen) atoms.